The van der Waals surface area contributed by atoms with Gasteiger partial charge in [-0.15, -0.1) is 0 Å². The van der Waals surface area contributed by atoms with Gasteiger partial charge in [-0.3, -0.25) is 0 Å². The fourth-order valence-corrected chi connectivity index (χ4v) is 1.62. The van der Waals surface area contributed by atoms with Crippen molar-refractivity contribution in [3.63, 3.8) is 0 Å². The molecule has 5 nitrogen and oxygen atoms in total. The van der Waals surface area contributed by atoms with E-state index in [9.17, 15) is 4.79 Å². The number of hydrogen-bond donors (Lipinski definition) is 2. The highest BCUT2D eigenvalue weighted by molar-refractivity contribution is 8.02. The fourth-order valence-electron chi connectivity index (χ4n) is 0.891. The van der Waals surface area contributed by atoms with E-state index >= 15 is 0 Å². The Kier molecular flexibility index (Phi) is 1.90. The molecule has 0 aliphatic carbocycles. The molecule has 0 radical (unpaired) electrons. The Hall–Kier alpha value is -1.56. The van der Waals surface area contributed by atoms with Crippen molar-refractivity contribution in [1.29, 1.82) is 0 Å². The fraction of sp³-hybridized carbons (Fsp3) is 0. The Morgan fingerprint density at radius 3 is 3.23 bits per heavy atom. The summed E-state index contributed by atoms with van der Waals surface area (Å²) in [6.45, 7) is 0. The average Bonchev–Trinajstić information content (AvgIpc) is 2.17. The van der Waals surface area contributed by atoms with Crippen molar-refractivity contribution >= 4 is 23.4 Å². The van der Waals surface area contributed by atoms with E-state index < -0.39 is 5.97 Å². The summed E-state index contributed by atoms with van der Waals surface area (Å²) >= 11 is 1.27. The quantitative estimate of drug-likeness (QED) is 0.649. The van der Waals surface area contributed by atoms with Crippen molar-refractivity contribution in [2.45, 2.75) is 5.03 Å². The molecule has 66 valence electrons. The van der Waals surface area contributed by atoms with Crippen LogP contribution < -0.4 is 5.32 Å². The highest BCUT2D eigenvalue weighted by Crippen LogP contribution is 2.30. The lowest BCUT2D eigenvalue weighted by Gasteiger charge is -2.13. The van der Waals surface area contributed by atoms with Gasteiger partial charge in [0.15, 0.2) is 0 Å². The number of hydrogen-bond acceptors (Lipinski definition) is 5. The first-order chi connectivity index (χ1) is 6.27. The van der Waals surface area contributed by atoms with Crippen molar-refractivity contribution in [3.05, 3.63) is 23.6 Å². The second kappa shape index (κ2) is 3.06. The van der Waals surface area contributed by atoms with Gasteiger partial charge in [-0.1, -0.05) is 11.8 Å². The molecule has 2 N–H and O–H groups in total. The number of thioether (sulfide) groups is 1. The Bertz CT molecular complexity index is 391. The maximum Gasteiger partial charge on any atom is 0.352 e. The summed E-state index contributed by atoms with van der Waals surface area (Å²) in [7, 11) is 0. The number of aromatic nitrogens is 2. The first kappa shape index (κ1) is 8.06. The number of carboxylic acid groups (broad SMARTS) is 1. The number of nitrogens with zero attached hydrogens (tertiary/aromatic N) is 2. The van der Waals surface area contributed by atoms with Crippen LogP contribution in [0.3, 0.4) is 0 Å². The highest BCUT2D eigenvalue weighted by Gasteiger charge is 2.16. The number of rotatable bonds is 1. The maximum absolute atomic E-state index is 10.6. The van der Waals surface area contributed by atoms with Crippen molar-refractivity contribution < 1.29 is 9.90 Å². The molecule has 1 aromatic heterocycles. The lowest BCUT2D eigenvalue weighted by molar-refractivity contribution is -0.132. The molecule has 2 rings (SSSR count). The minimum absolute atomic E-state index is 0.146. The normalized spacial score (nSPS) is 14.0. The molecule has 0 saturated heterocycles. The van der Waals surface area contributed by atoms with Crippen LogP contribution in [0.25, 0.3) is 0 Å². The lowest BCUT2D eigenvalue weighted by Crippen LogP contribution is -2.13. The lowest BCUT2D eigenvalue weighted by atomic mass is 10.4. The third-order valence-corrected chi connectivity index (χ3v) is 2.37. The molecule has 0 saturated carbocycles. The Morgan fingerprint density at radius 1 is 1.62 bits per heavy atom. The van der Waals surface area contributed by atoms with Gasteiger partial charge >= 0.3 is 5.97 Å². The van der Waals surface area contributed by atoms with Gasteiger partial charge in [-0.25, -0.2) is 14.8 Å². The Balaban J connectivity index is 2.33. The molecular formula is C7H5N3O2S. The predicted molar refractivity (Wildman–Crippen MR) is 47.2 cm³/mol. The molecule has 0 spiro atoms. The minimum Gasteiger partial charge on any atom is -0.477 e. The summed E-state index contributed by atoms with van der Waals surface area (Å²) in [5, 5.41) is 13.6. The molecule has 0 atom stereocenters. The third-order valence-electron chi connectivity index (χ3n) is 1.46. The SMILES string of the molecule is O=C(O)C1=CSc2ncncc2N1. The van der Waals surface area contributed by atoms with E-state index in [1.165, 1.54) is 23.5 Å². The molecule has 1 aromatic rings. The zero-order valence-electron chi connectivity index (χ0n) is 6.39. The van der Waals surface area contributed by atoms with Gasteiger partial charge in [0.1, 0.15) is 17.1 Å². The van der Waals surface area contributed by atoms with Crippen LogP contribution in [0.4, 0.5) is 5.69 Å². The van der Waals surface area contributed by atoms with Crippen LogP contribution in [0.1, 0.15) is 0 Å². The van der Waals surface area contributed by atoms with E-state index in [1.807, 2.05) is 0 Å². The smallest absolute Gasteiger partial charge is 0.352 e. The van der Waals surface area contributed by atoms with Crippen molar-refractivity contribution in [2.24, 2.45) is 0 Å². The van der Waals surface area contributed by atoms with Crippen molar-refractivity contribution in [3.8, 4) is 0 Å². The summed E-state index contributed by atoms with van der Waals surface area (Å²) in [6.07, 6.45) is 2.97. The molecular weight excluding hydrogens is 190 g/mol. The molecule has 0 aromatic carbocycles. The van der Waals surface area contributed by atoms with Gasteiger partial charge in [0.2, 0.25) is 0 Å². The van der Waals surface area contributed by atoms with E-state index in [0.717, 1.165) is 5.03 Å². The highest BCUT2D eigenvalue weighted by atomic mass is 32.2. The zero-order chi connectivity index (χ0) is 9.26. The topological polar surface area (TPSA) is 75.1 Å². The summed E-state index contributed by atoms with van der Waals surface area (Å²) in [6, 6.07) is 0. The largest absolute Gasteiger partial charge is 0.477 e. The molecule has 1 aliphatic heterocycles. The molecule has 0 fully saturated rings. The van der Waals surface area contributed by atoms with Crippen LogP contribution in [0.2, 0.25) is 0 Å². The summed E-state index contributed by atoms with van der Waals surface area (Å²) in [5.74, 6) is -0.984. The maximum atomic E-state index is 10.6. The summed E-state index contributed by atoms with van der Waals surface area (Å²) in [4.78, 5) is 18.3. The van der Waals surface area contributed by atoms with Gasteiger partial charge in [-0.05, 0) is 0 Å². The predicted octanol–water partition coefficient (Wildman–Crippen LogP) is 0.920. The molecule has 2 heterocycles. The molecule has 0 amide bonds. The van der Waals surface area contributed by atoms with E-state index in [1.54, 1.807) is 6.20 Å². The first-order valence-electron chi connectivity index (χ1n) is 3.44. The van der Waals surface area contributed by atoms with Crippen LogP contribution in [0, 0.1) is 0 Å². The second-order valence-electron chi connectivity index (χ2n) is 2.32. The first-order valence-corrected chi connectivity index (χ1v) is 4.32. The van der Waals surface area contributed by atoms with E-state index in [4.69, 9.17) is 5.11 Å². The van der Waals surface area contributed by atoms with Crippen LogP contribution >= 0.6 is 11.8 Å². The number of nitrogens with one attached hydrogen (secondary N) is 1. The van der Waals surface area contributed by atoms with Gasteiger partial charge in [-0.2, -0.15) is 0 Å². The van der Waals surface area contributed by atoms with Gasteiger partial charge in [0.25, 0.3) is 0 Å². The summed E-state index contributed by atoms with van der Waals surface area (Å²) in [5.41, 5.74) is 0.778. The number of anilines is 1. The van der Waals surface area contributed by atoms with Crippen LogP contribution in [0.5, 0.6) is 0 Å². The number of carboxylic acids is 1. The zero-order valence-corrected chi connectivity index (χ0v) is 7.21. The van der Waals surface area contributed by atoms with Crippen molar-refractivity contribution in [1.82, 2.24) is 9.97 Å². The van der Waals surface area contributed by atoms with E-state index in [2.05, 4.69) is 15.3 Å². The number of carbonyl (C=O) groups is 1. The molecule has 6 heteroatoms. The summed E-state index contributed by atoms with van der Waals surface area (Å²) < 4.78 is 0. The van der Waals surface area contributed by atoms with E-state index in [0.29, 0.717) is 5.69 Å². The Morgan fingerprint density at radius 2 is 2.46 bits per heavy atom. The monoisotopic (exact) mass is 195 g/mol. The number of fused-ring (bicyclic) bond motifs is 1. The van der Waals surface area contributed by atoms with Crippen LogP contribution in [0.15, 0.2) is 28.7 Å². The van der Waals surface area contributed by atoms with Gasteiger partial charge in [0.05, 0.1) is 11.9 Å². The Labute approximate surface area is 77.9 Å². The van der Waals surface area contributed by atoms with Gasteiger partial charge < -0.3 is 10.4 Å². The van der Waals surface area contributed by atoms with Crippen molar-refractivity contribution in [2.75, 3.05) is 5.32 Å². The number of aliphatic carboxylic acids is 1. The molecule has 0 bridgehead atoms. The molecule has 13 heavy (non-hydrogen) atoms. The second-order valence-corrected chi connectivity index (χ2v) is 3.18. The van der Waals surface area contributed by atoms with Crippen LogP contribution in [-0.2, 0) is 4.79 Å². The third kappa shape index (κ3) is 1.48. The van der Waals surface area contributed by atoms with Gasteiger partial charge in [0, 0.05) is 5.41 Å². The molecule has 0 unspecified atom stereocenters. The standard InChI is InChI=1S/C7H5N3O2S/c11-7(12)5-2-13-6-4(10-5)1-8-3-9-6/h1-3,10H,(H,11,12). The average molecular weight is 195 g/mol. The van der Waals surface area contributed by atoms with E-state index in [-0.39, 0.29) is 5.70 Å². The van der Waals surface area contributed by atoms with Crippen LogP contribution in [-0.4, -0.2) is 21.0 Å². The minimum atomic E-state index is -0.984. The molecule has 1 aliphatic rings.